The summed E-state index contributed by atoms with van der Waals surface area (Å²) in [6.07, 6.45) is 1.65. The smallest absolute Gasteiger partial charge is 0.191 e. The highest BCUT2D eigenvalue weighted by molar-refractivity contribution is 7.99. The third-order valence-corrected chi connectivity index (χ3v) is 3.98. The molecule has 0 aliphatic rings. The summed E-state index contributed by atoms with van der Waals surface area (Å²) >= 11 is 1.15. The quantitative estimate of drug-likeness (QED) is 0.609. The van der Waals surface area contributed by atoms with Gasteiger partial charge in [-0.05, 0) is 27.7 Å². The number of carbonyl (C=O) groups is 1. The van der Waals surface area contributed by atoms with Gasteiger partial charge in [-0.3, -0.25) is 0 Å². The number of nitrogens with zero attached hydrogens (tertiary/aromatic N) is 3. The minimum absolute atomic E-state index is 0.0936. The van der Waals surface area contributed by atoms with Crippen LogP contribution in [0.4, 0.5) is 0 Å². The fraction of sp³-hybridized carbons (Fsp3) is 0.750. The summed E-state index contributed by atoms with van der Waals surface area (Å²) in [6, 6.07) is 1.10. The maximum atomic E-state index is 10.5. The molecular weight excluding hydrogens is 264 g/mol. The first kappa shape index (κ1) is 16.0. The second-order valence-corrected chi connectivity index (χ2v) is 6.04. The minimum Gasteiger partial charge on any atom is -0.549 e. The molecule has 0 saturated carbocycles. The molecule has 1 rings (SSSR count). The Morgan fingerprint density at radius 1 is 1.42 bits per heavy atom. The van der Waals surface area contributed by atoms with E-state index in [9.17, 15) is 9.90 Å². The zero-order chi connectivity index (χ0) is 14.4. The first-order chi connectivity index (χ1) is 8.91. The van der Waals surface area contributed by atoms with E-state index in [1.54, 1.807) is 6.33 Å². The van der Waals surface area contributed by atoms with Gasteiger partial charge >= 0.3 is 0 Å². The summed E-state index contributed by atoms with van der Waals surface area (Å²) in [5, 5.41) is 18.9. The van der Waals surface area contributed by atoms with Gasteiger partial charge in [0.1, 0.15) is 6.33 Å². The molecule has 0 radical (unpaired) electrons. The van der Waals surface area contributed by atoms with Crippen LogP contribution in [0, 0.1) is 0 Å². The number of carbonyl (C=O) groups excluding carboxylic acids is 1. The van der Waals surface area contributed by atoms with E-state index in [4.69, 9.17) is 0 Å². The number of carboxylic acids is 1. The molecule has 0 atom stereocenters. The largest absolute Gasteiger partial charge is 0.549 e. The molecule has 0 aromatic carbocycles. The lowest BCUT2D eigenvalue weighted by Gasteiger charge is -2.27. The molecule has 0 aliphatic heterocycles. The van der Waals surface area contributed by atoms with E-state index in [1.807, 2.05) is 4.57 Å². The molecule has 1 N–H and O–H groups in total. The molecule has 6 nitrogen and oxygen atoms in total. The standard InChI is InChI=1S/C12H22N4O2S/c1-9(2)16(10(3)4)6-5-15-8-13-14-12(15)19-7-11(17)18/h8-10H,5-7H2,1-4H3,(H,17,18). The number of nitrogens with one attached hydrogen (secondary N) is 1. The Morgan fingerprint density at radius 2 is 2.05 bits per heavy atom. The van der Waals surface area contributed by atoms with Crippen LogP contribution in [-0.4, -0.2) is 45.1 Å². The Labute approximate surface area is 118 Å². The van der Waals surface area contributed by atoms with Crippen molar-refractivity contribution in [1.29, 1.82) is 0 Å². The zero-order valence-electron chi connectivity index (χ0n) is 11.9. The molecule has 0 spiro atoms. The number of carboxylic acid groups (broad SMARTS) is 1. The van der Waals surface area contributed by atoms with Gasteiger partial charge in [-0.1, -0.05) is 11.8 Å². The van der Waals surface area contributed by atoms with Crippen molar-refractivity contribution < 1.29 is 14.8 Å². The van der Waals surface area contributed by atoms with Crippen molar-refractivity contribution in [1.82, 2.24) is 14.8 Å². The topological polar surface area (TPSA) is 75.3 Å². The van der Waals surface area contributed by atoms with E-state index in [2.05, 4.69) is 37.9 Å². The van der Waals surface area contributed by atoms with E-state index in [0.29, 0.717) is 17.2 Å². The van der Waals surface area contributed by atoms with E-state index < -0.39 is 5.97 Å². The highest BCUT2D eigenvalue weighted by Gasteiger charge is 2.17. The minimum atomic E-state index is -1.09. The van der Waals surface area contributed by atoms with Gasteiger partial charge in [0.15, 0.2) is 5.16 Å². The van der Waals surface area contributed by atoms with Crippen molar-refractivity contribution in [3.05, 3.63) is 6.33 Å². The van der Waals surface area contributed by atoms with Crippen molar-refractivity contribution in [2.45, 2.75) is 51.5 Å². The molecular formula is C12H22N4O2S. The van der Waals surface area contributed by atoms with Crippen LogP contribution in [0.1, 0.15) is 27.7 Å². The first-order valence-corrected chi connectivity index (χ1v) is 7.46. The number of hydrogen-bond donors (Lipinski definition) is 1. The molecule has 0 fully saturated rings. The van der Waals surface area contributed by atoms with Crippen molar-refractivity contribution in [2.24, 2.45) is 0 Å². The van der Waals surface area contributed by atoms with Gasteiger partial charge in [0.05, 0.1) is 31.1 Å². The SMILES string of the molecule is CC(C)[NH+](CCn1cnnc1SCC(=O)[O-])C(C)C. The van der Waals surface area contributed by atoms with Crippen LogP contribution in [0.15, 0.2) is 11.5 Å². The normalized spacial score (nSPS) is 11.7. The molecule has 1 aromatic heterocycles. The molecule has 0 saturated heterocycles. The zero-order valence-corrected chi connectivity index (χ0v) is 12.7. The van der Waals surface area contributed by atoms with Gasteiger partial charge in [-0.15, -0.1) is 10.2 Å². The number of rotatable bonds is 8. The van der Waals surface area contributed by atoms with Crippen LogP contribution >= 0.6 is 11.8 Å². The fourth-order valence-electron chi connectivity index (χ4n) is 2.13. The van der Waals surface area contributed by atoms with E-state index in [0.717, 1.165) is 24.9 Å². The van der Waals surface area contributed by atoms with Crippen LogP contribution in [0.2, 0.25) is 0 Å². The average Bonchev–Trinajstić information content (AvgIpc) is 2.73. The molecule has 0 unspecified atom stereocenters. The summed E-state index contributed by atoms with van der Waals surface area (Å²) in [4.78, 5) is 12.0. The highest BCUT2D eigenvalue weighted by atomic mass is 32.2. The Bertz CT molecular complexity index is 398. The van der Waals surface area contributed by atoms with Gasteiger partial charge in [0.2, 0.25) is 0 Å². The molecule has 0 bridgehead atoms. The number of hydrogen-bond acceptors (Lipinski definition) is 5. The maximum absolute atomic E-state index is 10.5. The van der Waals surface area contributed by atoms with Gasteiger partial charge in [0.25, 0.3) is 0 Å². The van der Waals surface area contributed by atoms with E-state index >= 15 is 0 Å². The first-order valence-electron chi connectivity index (χ1n) is 6.47. The van der Waals surface area contributed by atoms with E-state index in [1.165, 1.54) is 4.90 Å². The van der Waals surface area contributed by atoms with Crippen LogP contribution < -0.4 is 10.0 Å². The van der Waals surface area contributed by atoms with Crippen LogP contribution in [0.25, 0.3) is 0 Å². The Hall–Kier alpha value is -1.08. The number of thioether (sulfide) groups is 1. The molecule has 0 amide bonds. The van der Waals surface area contributed by atoms with Gasteiger partial charge in [-0.2, -0.15) is 0 Å². The van der Waals surface area contributed by atoms with E-state index in [-0.39, 0.29) is 5.75 Å². The number of quaternary nitrogens is 1. The Morgan fingerprint density at radius 3 is 2.58 bits per heavy atom. The van der Waals surface area contributed by atoms with Crippen LogP contribution in [-0.2, 0) is 11.3 Å². The lowest BCUT2D eigenvalue weighted by atomic mass is 10.2. The molecule has 1 heterocycles. The lowest BCUT2D eigenvalue weighted by Crippen LogP contribution is -3.18. The summed E-state index contributed by atoms with van der Waals surface area (Å²) in [5.41, 5.74) is 0. The average molecular weight is 286 g/mol. The van der Waals surface area contributed by atoms with Gasteiger partial charge in [0, 0.05) is 5.75 Å². The molecule has 0 aliphatic carbocycles. The summed E-state index contributed by atoms with van der Waals surface area (Å²) in [6.45, 7) is 10.6. The second-order valence-electron chi connectivity index (χ2n) is 5.10. The monoisotopic (exact) mass is 286 g/mol. The predicted octanol–water partition coefficient (Wildman–Crippen LogP) is -1.18. The van der Waals surface area contributed by atoms with Crippen molar-refractivity contribution in [2.75, 3.05) is 12.3 Å². The summed E-state index contributed by atoms with van der Waals surface area (Å²) in [5.74, 6) is -1.18. The van der Waals surface area contributed by atoms with Crippen molar-refractivity contribution in [3.8, 4) is 0 Å². The molecule has 108 valence electrons. The molecule has 7 heteroatoms. The highest BCUT2D eigenvalue weighted by Crippen LogP contribution is 2.13. The number of aromatic nitrogens is 3. The third-order valence-electron chi connectivity index (χ3n) is 3.02. The second kappa shape index (κ2) is 7.49. The Balaban J connectivity index is 2.57. The van der Waals surface area contributed by atoms with Gasteiger partial charge < -0.3 is 19.4 Å². The lowest BCUT2D eigenvalue weighted by molar-refractivity contribution is -0.942. The van der Waals surface area contributed by atoms with Crippen molar-refractivity contribution >= 4 is 17.7 Å². The Kier molecular flexibility index (Phi) is 6.30. The third kappa shape index (κ3) is 5.20. The molecule has 1 aromatic rings. The predicted molar refractivity (Wildman–Crippen MR) is 71.9 cm³/mol. The maximum Gasteiger partial charge on any atom is 0.191 e. The van der Waals surface area contributed by atoms with Crippen molar-refractivity contribution in [3.63, 3.8) is 0 Å². The summed E-state index contributed by atoms with van der Waals surface area (Å²) in [7, 11) is 0. The van der Waals surface area contributed by atoms with Crippen LogP contribution in [0.5, 0.6) is 0 Å². The van der Waals surface area contributed by atoms with Crippen LogP contribution in [0.3, 0.4) is 0 Å². The number of aliphatic carboxylic acids is 1. The molecule has 19 heavy (non-hydrogen) atoms. The fourth-order valence-corrected chi connectivity index (χ4v) is 2.78. The summed E-state index contributed by atoms with van der Waals surface area (Å²) < 4.78 is 1.90. The van der Waals surface area contributed by atoms with Gasteiger partial charge in [-0.25, -0.2) is 0 Å².